The molecule has 0 spiro atoms. The van der Waals surface area contributed by atoms with Gasteiger partial charge in [-0.15, -0.1) is 0 Å². The molecule has 4 atom stereocenters. The molecule has 1 aliphatic carbocycles. The summed E-state index contributed by atoms with van der Waals surface area (Å²) in [6.07, 6.45) is 1.47. The van der Waals surface area contributed by atoms with Crippen LogP contribution in [0.25, 0.3) is 0 Å². The molecule has 2 nitrogen and oxygen atoms in total. The molecule has 5 heteroatoms. The Morgan fingerprint density at radius 2 is 2.10 bits per heavy atom. The first-order valence-corrected chi connectivity index (χ1v) is 10.0. The minimum atomic E-state index is -0.515. The molecule has 1 aromatic carbocycles. The van der Waals surface area contributed by atoms with Crippen molar-refractivity contribution in [1.82, 2.24) is 0 Å². The number of halogens is 3. The fourth-order valence-corrected chi connectivity index (χ4v) is 5.64. The van der Waals surface area contributed by atoms with Gasteiger partial charge in [0.05, 0.1) is 6.10 Å². The molecule has 21 heavy (non-hydrogen) atoms. The lowest BCUT2D eigenvalue weighted by atomic mass is 9.58. The molecule has 1 aliphatic heterocycles. The summed E-state index contributed by atoms with van der Waals surface area (Å²) in [6, 6.07) is 5.90. The molecule has 1 aromatic rings. The summed E-state index contributed by atoms with van der Waals surface area (Å²) in [4.78, 5) is 0.383. The number of alkyl halides is 2. The van der Waals surface area contributed by atoms with E-state index in [0.717, 1.165) is 34.0 Å². The smallest absolute Gasteiger partial charge is 0.126 e. The Kier molecular flexibility index (Phi) is 4.26. The predicted octanol–water partition coefficient (Wildman–Crippen LogP) is 5.21. The van der Waals surface area contributed by atoms with Crippen molar-refractivity contribution in [3.8, 4) is 5.75 Å². The van der Waals surface area contributed by atoms with Crippen molar-refractivity contribution in [3.63, 3.8) is 0 Å². The highest BCUT2D eigenvalue weighted by molar-refractivity contribution is 9.10. The van der Waals surface area contributed by atoms with Gasteiger partial charge < -0.3 is 9.84 Å². The first-order valence-electron chi connectivity index (χ1n) is 7.18. The van der Waals surface area contributed by atoms with E-state index in [9.17, 15) is 5.11 Å². The van der Waals surface area contributed by atoms with E-state index >= 15 is 0 Å². The van der Waals surface area contributed by atoms with Gasteiger partial charge in [0.15, 0.2) is 0 Å². The number of hydrogen-bond donors (Lipinski definition) is 1. The van der Waals surface area contributed by atoms with Gasteiger partial charge in [0.1, 0.15) is 11.4 Å². The van der Waals surface area contributed by atoms with Crippen LogP contribution in [0.5, 0.6) is 5.75 Å². The number of aliphatic hydroxyl groups excluding tert-OH is 1. The van der Waals surface area contributed by atoms with Crippen LogP contribution < -0.4 is 4.74 Å². The van der Waals surface area contributed by atoms with E-state index in [4.69, 9.17) is 4.74 Å². The molecule has 0 aromatic heterocycles. The van der Waals surface area contributed by atoms with Crippen LogP contribution in [0.1, 0.15) is 38.4 Å². The van der Waals surface area contributed by atoms with Crippen molar-refractivity contribution in [3.05, 3.63) is 28.2 Å². The number of fused-ring (bicyclic) bond motifs is 2. The van der Waals surface area contributed by atoms with E-state index in [1.165, 1.54) is 0 Å². The second-order valence-corrected chi connectivity index (χ2v) is 9.31. The van der Waals surface area contributed by atoms with Crippen LogP contribution in [0.2, 0.25) is 0 Å². The fraction of sp³-hybridized carbons (Fsp3) is 0.625. The molecule has 0 bridgehead atoms. The van der Waals surface area contributed by atoms with Crippen LogP contribution in [0, 0.1) is 11.3 Å². The Balaban J connectivity index is 2.15. The Hall–Kier alpha value is 0.420. The average molecular weight is 483 g/mol. The first-order chi connectivity index (χ1) is 9.82. The van der Waals surface area contributed by atoms with Gasteiger partial charge in [0, 0.05) is 26.1 Å². The summed E-state index contributed by atoms with van der Waals surface area (Å²) >= 11 is 11.0. The molecule has 1 heterocycles. The van der Waals surface area contributed by atoms with Crippen LogP contribution in [-0.4, -0.2) is 20.9 Å². The van der Waals surface area contributed by atoms with Crippen LogP contribution in [0.3, 0.4) is 0 Å². The third-order valence-electron chi connectivity index (χ3n) is 5.14. The van der Waals surface area contributed by atoms with E-state index < -0.39 is 6.10 Å². The number of ether oxygens (including phenoxy) is 1. The number of benzene rings is 1. The summed E-state index contributed by atoms with van der Waals surface area (Å²) in [5.41, 5.74) is 0.500. The lowest BCUT2D eigenvalue weighted by Gasteiger charge is -2.57. The van der Waals surface area contributed by atoms with E-state index in [1.807, 2.05) is 18.2 Å². The lowest BCUT2D eigenvalue weighted by molar-refractivity contribution is -0.135. The van der Waals surface area contributed by atoms with Crippen LogP contribution in [0.4, 0.5) is 0 Å². The molecule has 0 radical (unpaired) electrons. The maximum atomic E-state index is 11.1. The fourth-order valence-electron chi connectivity index (χ4n) is 4.00. The highest BCUT2D eigenvalue weighted by atomic mass is 79.9. The minimum Gasteiger partial charge on any atom is -0.486 e. The standard InChI is InChI=1S/C16H19Br3O2/c1-15(2)12(19)5-6-16(8-17)14(15)13(20)10-7-9(18)3-4-11(10)21-16/h3-4,7,12-14,20H,5-6,8H2,1-2H3/t12-,13-,14+,16+/m0/s1. The molecule has 116 valence electrons. The van der Waals surface area contributed by atoms with Gasteiger partial charge in [0.25, 0.3) is 0 Å². The molecule has 0 unspecified atom stereocenters. The third kappa shape index (κ3) is 2.43. The molecular weight excluding hydrogens is 464 g/mol. The molecule has 1 saturated carbocycles. The van der Waals surface area contributed by atoms with Crippen LogP contribution in [0.15, 0.2) is 22.7 Å². The van der Waals surface area contributed by atoms with E-state index in [-0.39, 0.29) is 16.9 Å². The maximum Gasteiger partial charge on any atom is 0.126 e. The van der Waals surface area contributed by atoms with Gasteiger partial charge in [-0.3, -0.25) is 0 Å². The third-order valence-corrected chi connectivity index (χ3v) is 8.22. The molecule has 0 amide bonds. The van der Waals surface area contributed by atoms with Gasteiger partial charge in [-0.25, -0.2) is 0 Å². The van der Waals surface area contributed by atoms with E-state index in [2.05, 4.69) is 61.6 Å². The molecule has 1 fully saturated rings. The Bertz CT molecular complexity index is 560. The van der Waals surface area contributed by atoms with E-state index in [1.54, 1.807) is 0 Å². The van der Waals surface area contributed by atoms with Gasteiger partial charge in [-0.1, -0.05) is 61.6 Å². The topological polar surface area (TPSA) is 29.5 Å². The van der Waals surface area contributed by atoms with E-state index in [0.29, 0.717) is 4.83 Å². The van der Waals surface area contributed by atoms with Crippen LogP contribution in [-0.2, 0) is 0 Å². The van der Waals surface area contributed by atoms with Crippen molar-refractivity contribution in [1.29, 1.82) is 0 Å². The first kappa shape index (κ1) is 16.3. The summed E-state index contributed by atoms with van der Waals surface area (Å²) in [7, 11) is 0. The van der Waals surface area contributed by atoms with Gasteiger partial charge in [0.2, 0.25) is 0 Å². The number of rotatable bonds is 1. The van der Waals surface area contributed by atoms with Crippen LogP contribution >= 0.6 is 47.8 Å². The molecule has 0 saturated heterocycles. The normalized spacial score (nSPS) is 37.3. The number of hydrogen-bond acceptors (Lipinski definition) is 2. The number of aliphatic hydroxyl groups is 1. The van der Waals surface area contributed by atoms with Crippen molar-refractivity contribution in [2.75, 3.05) is 5.33 Å². The lowest BCUT2D eigenvalue weighted by Crippen LogP contribution is -2.61. The van der Waals surface area contributed by atoms with Crippen molar-refractivity contribution < 1.29 is 9.84 Å². The predicted molar refractivity (Wildman–Crippen MR) is 95.5 cm³/mol. The van der Waals surface area contributed by atoms with Gasteiger partial charge in [-0.05, 0) is 36.5 Å². The largest absolute Gasteiger partial charge is 0.486 e. The average Bonchev–Trinajstić information content (AvgIpc) is 2.44. The van der Waals surface area contributed by atoms with Crippen molar-refractivity contribution >= 4 is 47.8 Å². The summed E-state index contributed by atoms with van der Waals surface area (Å²) < 4.78 is 7.41. The molecule has 3 rings (SSSR count). The zero-order chi connectivity index (χ0) is 15.4. The summed E-state index contributed by atoms with van der Waals surface area (Å²) in [5.74, 6) is 0.856. The van der Waals surface area contributed by atoms with Crippen molar-refractivity contribution in [2.24, 2.45) is 11.3 Å². The molecule has 1 N–H and O–H groups in total. The highest BCUT2D eigenvalue weighted by Gasteiger charge is 2.59. The Morgan fingerprint density at radius 3 is 2.76 bits per heavy atom. The monoisotopic (exact) mass is 480 g/mol. The summed E-state index contributed by atoms with van der Waals surface area (Å²) in [6.45, 7) is 4.45. The quantitative estimate of drug-likeness (QED) is 0.557. The second kappa shape index (κ2) is 5.50. The minimum absolute atomic E-state index is 0.0456. The Morgan fingerprint density at radius 1 is 1.38 bits per heavy atom. The SMILES string of the molecule is CC1(C)[C@H]2[C@@H](O)c3cc(Br)ccc3O[C@@]2(CBr)CC[C@@H]1Br. The maximum absolute atomic E-state index is 11.1. The highest BCUT2D eigenvalue weighted by Crippen LogP contribution is 2.59. The second-order valence-electron chi connectivity index (χ2n) is 6.73. The van der Waals surface area contributed by atoms with Gasteiger partial charge >= 0.3 is 0 Å². The van der Waals surface area contributed by atoms with Gasteiger partial charge in [-0.2, -0.15) is 0 Å². The summed E-state index contributed by atoms with van der Waals surface area (Å²) in [5, 5.41) is 11.8. The zero-order valence-corrected chi connectivity index (χ0v) is 16.8. The zero-order valence-electron chi connectivity index (χ0n) is 12.1. The van der Waals surface area contributed by atoms with Crippen molar-refractivity contribution in [2.45, 2.75) is 43.2 Å². The molecule has 2 aliphatic rings. The molecular formula is C16H19Br3O2. The Labute approximate surface area is 151 Å².